The SMILES string of the molecule is CC=CCCCC(=N)Oc1ccc(Nc2n[nH]c3cccnc23)cc1F. The first-order valence-corrected chi connectivity index (χ1v) is 8.39. The number of ether oxygens (including phenoxy) is 1. The number of rotatable bonds is 7. The monoisotopic (exact) mass is 353 g/mol. The van der Waals surface area contributed by atoms with Gasteiger partial charge in [-0.1, -0.05) is 12.2 Å². The van der Waals surface area contributed by atoms with E-state index in [1.165, 1.54) is 12.1 Å². The van der Waals surface area contributed by atoms with E-state index in [4.69, 9.17) is 10.1 Å². The minimum Gasteiger partial charge on any atom is -0.441 e. The first kappa shape index (κ1) is 17.6. The summed E-state index contributed by atoms with van der Waals surface area (Å²) in [6.07, 6.45) is 7.80. The van der Waals surface area contributed by atoms with Crippen LogP contribution in [-0.2, 0) is 0 Å². The quantitative estimate of drug-likeness (QED) is 0.243. The Labute approximate surface area is 150 Å². The minimum absolute atomic E-state index is 0.0385. The maximum absolute atomic E-state index is 14.3. The Morgan fingerprint density at radius 1 is 1.38 bits per heavy atom. The molecule has 0 radical (unpaired) electrons. The molecule has 0 fully saturated rings. The second-order valence-electron chi connectivity index (χ2n) is 5.73. The van der Waals surface area contributed by atoms with Crippen molar-refractivity contribution in [2.45, 2.75) is 26.2 Å². The molecular weight excluding hydrogens is 333 g/mol. The largest absolute Gasteiger partial charge is 0.441 e. The molecule has 0 saturated heterocycles. The van der Waals surface area contributed by atoms with Gasteiger partial charge in [0.15, 0.2) is 23.3 Å². The number of nitrogens with zero attached hydrogens (tertiary/aromatic N) is 2. The fourth-order valence-corrected chi connectivity index (χ4v) is 2.47. The Kier molecular flexibility index (Phi) is 5.58. The Balaban J connectivity index is 1.65. The maximum Gasteiger partial charge on any atom is 0.187 e. The number of anilines is 2. The summed E-state index contributed by atoms with van der Waals surface area (Å²) >= 11 is 0. The van der Waals surface area contributed by atoms with Crippen LogP contribution in [0.5, 0.6) is 5.75 Å². The first-order chi connectivity index (χ1) is 12.7. The number of pyridine rings is 1. The third kappa shape index (κ3) is 4.24. The first-order valence-electron chi connectivity index (χ1n) is 8.39. The molecule has 3 aromatic rings. The summed E-state index contributed by atoms with van der Waals surface area (Å²) in [5.41, 5.74) is 1.99. The van der Waals surface area contributed by atoms with E-state index in [1.54, 1.807) is 12.3 Å². The van der Waals surface area contributed by atoms with E-state index in [0.29, 0.717) is 23.4 Å². The van der Waals surface area contributed by atoms with Gasteiger partial charge in [0.25, 0.3) is 0 Å². The van der Waals surface area contributed by atoms with Gasteiger partial charge in [0.05, 0.1) is 5.52 Å². The molecule has 7 heteroatoms. The predicted octanol–water partition coefficient (Wildman–Crippen LogP) is 4.94. The number of aromatic amines is 1. The Morgan fingerprint density at radius 2 is 2.27 bits per heavy atom. The number of benzene rings is 1. The Hall–Kier alpha value is -3.22. The van der Waals surface area contributed by atoms with Crippen molar-refractivity contribution in [2.24, 2.45) is 0 Å². The van der Waals surface area contributed by atoms with Crippen LogP contribution in [0.25, 0.3) is 11.0 Å². The summed E-state index contributed by atoms with van der Waals surface area (Å²) in [6.45, 7) is 1.95. The summed E-state index contributed by atoms with van der Waals surface area (Å²) in [7, 11) is 0. The third-order valence-electron chi connectivity index (χ3n) is 3.76. The van der Waals surface area contributed by atoms with Crippen LogP contribution in [-0.4, -0.2) is 21.1 Å². The summed E-state index contributed by atoms with van der Waals surface area (Å²) in [5.74, 6) is 0.0691. The van der Waals surface area contributed by atoms with Gasteiger partial charge in [-0.2, -0.15) is 5.10 Å². The number of unbranched alkanes of at least 4 members (excludes halogenated alkanes) is 1. The molecule has 0 bridgehead atoms. The summed E-state index contributed by atoms with van der Waals surface area (Å²) in [4.78, 5) is 4.25. The van der Waals surface area contributed by atoms with E-state index in [1.807, 2.05) is 31.2 Å². The van der Waals surface area contributed by atoms with Crippen molar-refractivity contribution in [3.05, 3.63) is 54.5 Å². The van der Waals surface area contributed by atoms with Crippen LogP contribution in [0.1, 0.15) is 26.2 Å². The molecule has 6 nitrogen and oxygen atoms in total. The van der Waals surface area contributed by atoms with Crippen LogP contribution in [0.2, 0.25) is 0 Å². The number of nitrogens with one attached hydrogen (secondary N) is 3. The molecule has 0 aliphatic carbocycles. The number of H-pyrrole nitrogens is 1. The molecular formula is C19H20FN5O. The van der Waals surface area contributed by atoms with Crippen molar-refractivity contribution in [2.75, 3.05) is 5.32 Å². The van der Waals surface area contributed by atoms with E-state index in [-0.39, 0.29) is 11.6 Å². The van der Waals surface area contributed by atoms with E-state index in [2.05, 4.69) is 20.5 Å². The molecule has 0 atom stereocenters. The summed E-state index contributed by atoms with van der Waals surface area (Å²) in [5, 5.41) is 17.9. The number of fused-ring (bicyclic) bond motifs is 1. The predicted molar refractivity (Wildman–Crippen MR) is 101 cm³/mol. The minimum atomic E-state index is -0.541. The van der Waals surface area contributed by atoms with Gasteiger partial charge >= 0.3 is 0 Å². The molecule has 0 spiro atoms. The molecule has 0 aliphatic rings. The van der Waals surface area contributed by atoms with Crippen LogP contribution in [0.4, 0.5) is 15.9 Å². The van der Waals surface area contributed by atoms with Gasteiger partial charge in [0.2, 0.25) is 0 Å². The van der Waals surface area contributed by atoms with E-state index in [9.17, 15) is 4.39 Å². The highest BCUT2D eigenvalue weighted by molar-refractivity contribution is 5.87. The molecule has 0 amide bonds. The number of halogens is 1. The van der Waals surface area contributed by atoms with Gasteiger partial charge in [-0.15, -0.1) is 0 Å². The molecule has 2 heterocycles. The average Bonchev–Trinajstić information content (AvgIpc) is 3.04. The topological polar surface area (TPSA) is 86.7 Å². The highest BCUT2D eigenvalue weighted by atomic mass is 19.1. The second kappa shape index (κ2) is 8.24. The highest BCUT2D eigenvalue weighted by Gasteiger charge is 2.10. The lowest BCUT2D eigenvalue weighted by molar-refractivity contribution is 0.474. The average molecular weight is 353 g/mol. The normalized spacial score (nSPS) is 11.2. The lowest BCUT2D eigenvalue weighted by Gasteiger charge is -2.09. The summed E-state index contributed by atoms with van der Waals surface area (Å²) < 4.78 is 19.6. The molecule has 0 saturated carbocycles. The fourth-order valence-electron chi connectivity index (χ4n) is 2.47. The Bertz CT molecular complexity index is 935. The zero-order valence-electron chi connectivity index (χ0n) is 14.4. The smallest absolute Gasteiger partial charge is 0.187 e. The van der Waals surface area contributed by atoms with Crippen LogP contribution < -0.4 is 10.1 Å². The van der Waals surface area contributed by atoms with Gasteiger partial charge in [0.1, 0.15) is 5.52 Å². The van der Waals surface area contributed by atoms with E-state index < -0.39 is 5.82 Å². The highest BCUT2D eigenvalue weighted by Crippen LogP contribution is 2.26. The van der Waals surface area contributed by atoms with Crippen molar-refractivity contribution in [3.63, 3.8) is 0 Å². The molecule has 26 heavy (non-hydrogen) atoms. The zero-order chi connectivity index (χ0) is 18.4. The molecule has 0 unspecified atom stereocenters. The van der Waals surface area contributed by atoms with Crippen molar-refractivity contribution in [1.29, 1.82) is 5.41 Å². The third-order valence-corrected chi connectivity index (χ3v) is 3.76. The number of hydrogen-bond donors (Lipinski definition) is 3. The van der Waals surface area contributed by atoms with E-state index in [0.717, 1.165) is 18.4 Å². The van der Waals surface area contributed by atoms with Crippen LogP contribution >= 0.6 is 0 Å². The lowest BCUT2D eigenvalue weighted by atomic mass is 10.2. The molecule has 0 aliphatic heterocycles. The molecule has 134 valence electrons. The number of aromatic nitrogens is 3. The molecule has 2 aromatic heterocycles. The van der Waals surface area contributed by atoms with Crippen LogP contribution in [0.3, 0.4) is 0 Å². The Morgan fingerprint density at radius 3 is 3.08 bits per heavy atom. The molecule has 3 N–H and O–H groups in total. The lowest BCUT2D eigenvalue weighted by Crippen LogP contribution is -2.07. The van der Waals surface area contributed by atoms with Crippen LogP contribution in [0, 0.1) is 11.2 Å². The summed E-state index contributed by atoms with van der Waals surface area (Å²) in [6, 6.07) is 8.16. The van der Waals surface area contributed by atoms with Gasteiger partial charge in [-0.3, -0.25) is 15.5 Å². The standard InChI is InChI=1S/C19H20FN5O/c1-2-3-4-5-8-17(21)26-16-10-9-13(12-14(16)20)23-19-18-15(24-25-19)7-6-11-22-18/h2-3,6-7,9-12,21H,4-5,8H2,1H3,(H2,23,24,25). The van der Waals surface area contributed by atoms with Crippen molar-refractivity contribution in [3.8, 4) is 5.75 Å². The van der Waals surface area contributed by atoms with Crippen molar-refractivity contribution in [1.82, 2.24) is 15.2 Å². The number of allylic oxidation sites excluding steroid dienone is 2. The van der Waals surface area contributed by atoms with Gasteiger partial charge in [0, 0.05) is 24.4 Å². The second-order valence-corrected chi connectivity index (χ2v) is 5.73. The van der Waals surface area contributed by atoms with E-state index >= 15 is 0 Å². The fraction of sp³-hybridized carbons (Fsp3) is 0.211. The van der Waals surface area contributed by atoms with Gasteiger partial charge in [-0.25, -0.2) is 4.39 Å². The van der Waals surface area contributed by atoms with Crippen LogP contribution in [0.15, 0.2) is 48.7 Å². The van der Waals surface area contributed by atoms with Gasteiger partial charge in [-0.05, 0) is 44.0 Å². The molecule has 3 rings (SSSR count). The zero-order valence-corrected chi connectivity index (χ0v) is 14.4. The number of hydrogen-bond acceptors (Lipinski definition) is 5. The maximum atomic E-state index is 14.3. The van der Waals surface area contributed by atoms with Crippen molar-refractivity contribution < 1.29 is 9.13 Å². The van der Waals surface area contributed by atoms with Crippen molar-refractivity contribution >= 4 is 28.4 Å². The molecule has 1 aromatic carbocycles. The van der Waals surface area contributed by atoms with Gasteiger partial charge < -0.3 is 10.1 Å².